The van der Waals surface area contributed by atoms with E-state index in [1.165, 1.54) is 0 Å². The van der Waals surface area contributed by atoms with Crippen LogP contribution in [-0.2, 0) is 12.1 Å². The molecule has 0 aliphatic carbocycles. The van der Waals surface area contributed by atoms with Gasteiger partial charge in [0.1, 0.15) is 5.60 Å². The van der Waals surface area contributed by atoms with Crippen molar-refractivity contribution in [2.75, 3.05) is 6.54 Å². The number of aryl methyl sites for hydroxylation is 1. The summed E-state index contributed by atoms with van der Waals surface area (Å²) in [5, 5.41) is 14.4. The van der Waals surface area contributed by atoms with Gasteiger partial charge in [0.05, 0.1) is 0 Å². The van der Waals surface area contributed by atoms with Crippen LogP contribution in [0.4, 0.5) is 0 Å². The Morgan fingerprint density at radius 2 is 2.00 bits per heavy atom. The molecule has 0 amide bonds. The summed E-state index contributed by atoms with van der Waals surface area (Å²) in [6.07, 6.45) is 1.78. The molecule has 2 aromatic rings. The molecule has 1 aromatic carbocycles. The van der Waals surface area contributed by atoms with Crippen LogP contribution in [0.1, 0.15) is 23.7 Å². The highest BCUT2D eigenvalue weighted by atomic mass is 35.5. The summed E-state index contributed by atoms with van der Waals surface area (Å²) in [5.74, 6) is 0. The van der Waals surface area contributed by atoms with Gasteiger partial charge in [-0.1, -0.05) is 35.9 Å². The van der Waals surface area contributed by atoms with E-state index < -0.39 is 5.60 Å². The van der Waals surface area contributed by atoms with Crippen LogP contribution in [0.25, 0.3) is 0 Å². The molecular formula is C16H19ClN2O. The van der Waals surface area contributed by atoms with Crippen molar-refractivity contribution in [2.45, 2.75) is 26.0 Å². The molecule has 20 heavy (non-hydrogen) atoms. The second kappa shape index (κ2) is 6.35. The molecule has 1 aromatic heterocycles. The number of benzene rings is 1. The first-order valence-corrected chi connectivity index (χ1v) is 6.97. The standard InChI is InChI=1S/C16H19ClN2O/c1-12-13(6-5-9-19-12)10-18-11-16(2,20)14-7-3-4-8-15(14)17/h3-9,18,20H,10-11H2,1-2H3. The van der Waals surface area contributed by atoms with Crippen molar-refractivity contribution in [1.29, 1.82) is 0 Å². The summed E-state index contributed by atoms with van der Waals surface area (Å²) in [4.78, 5) is 4.24. The lowest BCUT2D eigenvalue weighted by Gasteiger charge is -2.25. The Kier molecular flexibility index (Phi) is 4.76. The summed E-state index contributed by atoms with van der Waals surface area (Å²) in [7, 11) is 0. The lowest BCUT2D eigenvalue weighted by atomic mass is 9.96. The average molecular weight is 291 g/mol. The van der Waals surface area contributed by atoms with Crippen molar-refractivity contribution in [2.24, 2.45) is 0 Å². The van der Waals surface area contributed by atoms with Crippen LogP contribution >= 0.6 is 11.6 Å². The molecule has 0 radical (unpaired) electrons. The largest absolute Gasteiger partial charge is 0.384 e. The van der Waals surface area contributed by atoms with Crippen molar-refractivity contribution < 1.29 is 5.11 Å². The average Bonchev–Trinajstić information content (AvgIpc) is 2.41. The fourth-order valence-electron chi connectivity index (χ4n) is 2.14. The number of nitrogens with one attached hydrogen (secondary N) is 1. The zero-order valence-corrected chi connectivity index (χ0v) is 12.5. The van der Waals surface area contributed by atoms with Gasteiger partial charge in [-0.25, -0.2) is 0 Å². The Labute approximate surface area is 124 Å². The van der Waals surface area contributed by atoms with Crippen molar-refractivity contribution in [3.05, 3.63) is 64.4 Å². The van der Waals surface area contributed by atoms with E-state index in [0.29, 0.717) is 18.1 Å². The smallest absolute Gasteiger partial charge is 0.101 e. The molecule has 0 spiro atoms. The van der Waals surface area contributed by atoms with Crippen LogP contribution in [0.3, 0.4) is 0 Å². The highest BCUT2D eigenvalue weighted by Gasteiger charge is 2.24. The zero-order valence-electron chi connectivity index (χ0n) is 11.7. The van der Waals surface area contributed by atoms with E-state index in [4.69, 9.17) is 11.6 Å². The third kappa shape index (κ3) is 3.57. The molecule has 0 aliphatic rings. The fourth-order valence-corrected chi connectivity index (χ4v) is 2.48. The minimum absolute atomic E-state index is 0.422. The first-order valence-electron chi connectivity index (χ1n) is 6.59. The Hall–Kier alpha value is -1.42. The topological polar surface area (TPSA) is 45.2 Å². The number of aliphatic hydroxyl groups is 1. The van der Waals surface area contributed by atoms with Gasteiger partial charge in [0, 0.05) is 35.6 Å². The Bertz CT molecular complexity index is 584. The summed E-state index contributed by atoms with van der Waals surface area (Å²) in [6, 6.07) is 11.3. The summed E-state index contributed by atoms with van der Waals surface area (Å²) >= 11 is 6.13. The van der Waals surface area contributed by atoms with Crippen LogP contribution in [0.2, 0.25) is 5.02 Å². The molecule has 2 N–H and O–H groups in total. The van der Waals surface area contributed by atoms with Crippen LogP contribution < -0.4 is 5.32 Å². The van der Waals surface area contributed by atoms with Crippen LogP contribution in [0.15, 0.2) is 42.6 Å². The molecule has 4 heteroatoms. The third-order valence-electron chi connectivity index (χ3n) is 3.36. The van der Waals surface area contributed by atoms with Crippen LogP contribution in [0.5, 0.6) is 0 Å². The number of halogens is 1. The normalized spacial score (nSPS) is 14.0. The van der Waals surface area contributed by atoms with Gasteiger partial charge in [0.2, 0.25) is 0 Å². The van der Waals surface area contributed by atoms with Crippen molar-refractivity contribution in [3.63, 3.8) is 0 Å². The van der Waals surface area contributed by atoms with Crippen molar-refractivity contribution in [1.82, 2.24) is 10.3 Å². The summed E-state index contributed by atoms with van der Waals surface area (Å²) in [5.41, 5.74) is 1.85. The van der Waals surface area contributed by atoms with Gasteiger partial charge >= 0.3 is 0 Å². The first-order chi connectivity index (χ1) is 9.50. The van der Waals surface area contributed by atoms with E-state index >= 15 is 0 Å². The lowest BCUT2D eigenvalue weighted by Crippen LogP contribution is -2.35. The van der Waals surface area contributed by atoms with Gasteiger partial charge in [-0.15, -0.1) is 0 Å². The molecule has 1 heterocycles. The number of hydrogen-bond acceptors (Lipinski definition) is 3. The number of pyridine rings is 1. The Morgan fingerprint density at radius 3 is 2.70 bits per heavy atom. The van der Waals surface area contributed by atoms with E-state index in [-0.39, 0.29) is 0 Å². The predicted octanol–water partition coefficient (Wildman–Crippen LogP) is 3.04. The van der Waals surface area contributed by atoms with E-state index in [2.05, 4.69) is 10.3 Å². The van der Waals surface area contributed by atoms with Gasteiger partial charge in [0.15, 0.2) is 0 Å². The molecule has 1 unspecified atom stereocenters. The number of hydrogen-bond donors (Lipinski definition) is 2. The lowest BCUT2D eigenvalue weighted by molar-refractivity contribution is 0.0567. The number of nitrogens with zero attached hydrogens (tertiary/aromatic N) is 1. The molecular weight excluding hydrogens is 272 g/mol. The molecule has 0 bridgehead atoms. The van der Waals surface area contributed by atoms with Crippen LogP contribution in [0, 0.1) is 6.92 Å². The number of rotatable bonds is 5. The molecule has 0 fully saturated rings. The molecule has 106 valence electrons. The highest BCUT2D eigenvalue weighted by molar-refractivity contribution is 6.31. The number of aromatic nitrogens is 1. The Balaban J connectivity index is 2.00. The monoisotopic (exact) mass is 290 g/mol. The highest BCUT2D eigenvalue weighted by Crippen LogP contribution is 2.27. The fraction of sp³-hybridized carbons (Fsp3) is 0.312. The van der Waals surface area contributed by atoms with Crippen molar-refractivity contribution >= 4 is 11.6 Å². The third-order valence-corrected chi connectivity index (χ3v) is 3.68. The van der Waals surface area contributed by atoms with Gasteiger partial charge in [0.25, 0.3) is 0 Å². The first kappa shape index (κ1) is 15.0. The summed E-state index contributed by atoms with van der Waals surface area (Å²) in [6.45, 7) is 4.83. The quantitative estimate of drug-likeness (QED) is 0.890. The second-order valence-corrected chi connectivity index (χ2v) is 5.51. The van der Waals surface area contributed by atoms with Crippen LogP contribution in [-0.4, -0.2) is 16.6 Å². The van der Waals surface area contributed by atoms with Gasteiger partial charge in [-0.05, 0) is 31.5 Å². The maximum atomic E-state index is 10.6. The van der Waals surface area contributed by atoms with E-state index in [9.17, 15) is 5.11 Å². The minimum atomic E-state index is -1.01. The minimum Gasteiger partial charge on any atom is -0.384 e. The van der Waals surface area contributed by atoms with Crippen molar-refractivity contribution in [3.8, 4) is 0 Å². The van der Waals surface area contributed by atoms with E-state index in [1.807, 2.05) is 37.3 Å². The molecule has 0 saturated carbocycles. The van der Waals surface area contributed by atoms with Gasteiger partial charge < -0.3 is 10.4 Å². The SMILES string of the molecule is Cc1ncccc1CNCC(C)(O)c1ccccc1Cl. The Morgan fingerprint density at radius 1 is 1.25 bits per heavy atom. The molecule has 0 aliphatic heterocycles. The molecule has 3 nitrogen and oxygen atoms in total. The van der Waals surface area contributed by atoms with Gasteiger partial charge in [-0.2, -0.15) is 0 Å². The molecule has 0 saturated heterocycles. The van der Waals surface area contributed by atoms with E-state index in [0.717, 1.165) is 16.8 Å². The maximum Gasteiger partial charge on any atom is 0.101 e. The van der Waals surface area contributed by atoms with Gasteiger partial charge in [-0.3, -0.25) is 4.98 Å². The molecule has 1 atom stereocenters. The molecule has 2 rings (SSSR count). The van der Waals surface area contributed by atoms with E-state index in [1.54, 1.807) is 19.2 Å². The zero-order chi connectivity index (χ0) is 14.6. The second-order valence-electron chi connectivity index (χ2n) is 5.11. The predicted molar refractivity (Wildman–Crippen MR) is 81.7 cm³/mol. The summed E-state index contributed by atoms with van der Waals surface area (Å²) < 4.78 is 0. The maximum absolute atomic E-state index is 10.6.